The Balaban J connectivity index is 1.29. The lowest BCUT2D eigenvalue weighted by Crippen LogP contribution is -2.71. The zero-order valence-corrected chi connectivity index (χ0v) is 27.0. The van der Waals surface area contributed by atoms with Gasteiger partial charge in [-0.25, -0.2) is 9.78 Å². The second kappa shape index (κ2) is 14.9. The van der Waals surface area contributed by atoms with Crippen molar-refractivity contribution < 1.29 is 28.8 Å². The number of β-lactam (4-membered cyclic amide) rings is 1. The number of oxime groups is 1. The first-order valence-corrected chi connectivity index (χ1v) is 16.6. The van der Waals surface area contributed by atoms with Crippen LogP contribution in [0.2, 0.25) is 0 Å². The predicted octanol–water partition coefficient (Wildman–Crippen LogP) is 4.16. The third kappa shape index (κ3) is 6.89. The van der Waals surface area contributed by atoms with Crippen LogP contribution in [-0.4, -0.2) is 69.1 Å². The molecule has 4 heterocycles. The fourth-order valence-corrected chi connectivity index (χ4v) is 7.15. The molecule has 14 heteroatoms. The Bertz CT molecular complexity index is 1860. The average molecular weight is 681 g/mol. The van der Waals surface area contributed by atoms with Crippen LogP contribution >= 0.6 is 23.1 Å². The maximum absolute atomic E-state index is 14.2. The predicted molar refractivity (Wildman–Crippen MR) is 181 cm³/mol. The number of allylic oxidation sites excluding steroid dienone is 1. The molecule has 2 atom stereocenters. The Morgan fingerprint density at radius 1 is 1.02 bits per heavy atom. The van der Waals surface area contributed by atoms with Gasteiger partial charge in [0.1, 0.15) is 29.9 Å². The Morgan fingerprint density at radius 2 is 1.73 bits per heavy atom. The van der Waals surface area contributed by atoms with Crippen molar-refractivity contribution in [2.24, 2.45) is 5.16 Å². The first-order valence-electron chi connectivity index (χ1n) is 14.6. The number of esters is 1. The average Bonchev–Trinajstić information content (AvgIpc) is 3.59. The fraction of sp³-hybridized carbons (Fsp3) is 0.147. The van der Waals surface area contributed by atoms with Gasteiger partial charge in [-0.3, -0.25) is 24.3 Å². The maximum Gasteiger partial charge on any atom is 0.356 e. The molecule has 2 aliphatic rings. The first kappa shape index (κ1) is 32.3. The number of amides is 3. The standard InChI is InChI=1S/C34H28N6O6S2/c1-45-39-26(25-19-48-34(37-25)36-20-41)30(42)38-27-31(43)40-28(23(18-47-32(27)40)15-16-24-14-8-9-17-35-24)33(44)46-29(21-10-4-2-5-11-21)22-12-6-3-7-13-22/h2-17,19-20,27,29,32H,18H2,1H3,(H,38,42)(H,36,37,41)/b16-15+,39-26+/t27?,32-/m1/s1. The van der Waals surface area contributed by atoms with E-state index in [1.807, 2.05) is 72.8 Å². The van der Waals surface area contributed by atoms with E-state index in [1.165, 1.54) is 29.2 Å². The molecule has 2 aliphatic heterocycles. The molecule has 0 saturated carbocycles. The smallest absolute Gasteiger partial charge is 0.356 e. The van der Waals surface area contributed by atoms with Gasteiger partial charge in [-0.1, -0.05) is 78.0 Å². The summed E-state index contributed by atoms with van der Waals surface area (Å²) in [6, 6.07) is 23.2. The van der Waals surface area contributed by atoms with Gasteiger partial charge in [-0.15, -0.1) is 23.1 Å². The molecule has 2 aromatic carbocycles. The lowest BCUT2D eigenvalue weighted by atomic mass is 10.00. The zero-order valence-electron chi connectivity index (χ0n) is 25.4. The minimum Gasteiger partial charge on any atom is -0.448 e. The number of fused-ring (bicyclic) bond motifs is 1. The van der Waals surface area contributed by atoms with E-state index in [2.05, 4.69) is 25.8 Å². The van der Waals surface area contributed by atoms with Crippen LogP contribution in [0.1, 0.15) is 28.6 Å². The van der Waals surface area contributed by atoms with Crippen LogP contribution in [0.15, 0.2) is 113 Å². The summed E-state index contributed by atoms with van der Waals surface area (Å²) in [6.07, 6.45) is 4.93. The highest BCUT2D eigenvalue weighted by molar-refractivity contribution is 8.00. The van der Waals surface area contributed by atoms with Crippen molar-refractivity contribution in [1.29, 1.82) is 0 Å². The monoisotopic (exact) mass is 680 g/mol. The largest absolute Gasteiger partial charge is 0.448 e. The molecule has 1 fully saturated rings. The summed E-state index contributed by atoms with van der Waals surface area (Å²) in [5.74, 6) is -1.54. The molecule has 12 nitrogen and oxygen atoms in total. The van der Waals surface area contributed by atoms with Crippen LogP contribution in [0.4, 0.5) is 5.13 Å². The van der Waals surface area contributed by atoms with Crippen molar-refractivity contribution in [3.63, 3.8) is 0 Å². The minimum atomic E-state index is -0.973. The van der Waals surface area contributed by atoms with Gasteiger partial charge in [0.15, 0.2) is 16.9 Å². The molecule has 0 spiro atoms. The maximum atomic E-state index is 14.2. The molecule has 0 radical (unpaired) electrons. The minimum absolute atomic E-state index is 0.0909. The number of carbonyl (C=O) groups is 4. The molecule has 6 rings (SSSR count). The van der Waals surface area contributed by atoms with Gasteiger partial charge in [0.25, 0.3) is 11.8 Å². The number of rotatable bonds is 12. The summed E-state index contributed by atoms with van der Waals surface area (Å²) < 4.78 is 6.20. The van der Waals surface area contributed by atoms with Crippen LogP contribution in [0.3, 0.4) is 0 Å². The Morgan fingerprint density at radius 3 is 2.38 bits per heavy atom. The van der Waals surface area contributed by atoms with Gasteiger partial charge < -0.3 is 20.2 Å². The van der Waals surface area contributed by atoms with Gasteiger partial charge in [0.2, 0.25) is 6.41 Å². The van der Waals surface area contributed by atoms with Crippen LogP contribution in [-0.2, 0) is 28.8 Å². The number of thiazole rings is 1. The summed E-state index contributed by atoms with van der Waals surface area (Å²) in [5.41, 5.74) is 2.85. The molecule has 48 heavy (non-hydrogen) atoms. The van der Waals surface area contributed by atoms with E-state index in [1.54, 1.807) is 24.4 Å². The number of pyridine rings is 1. The van der Waals surface area contributed by atoms with Crippen LogP contribution < -0.4 is 10.6 Å². The van der Waals surface area contributed by atoms with Crippen molar-refractivity contribution >= 4 is 64.2 Å². The Labute approximate surface area is 283 Å². The molecule has 0 bridgehead atoms. The number of hydrogen-bond donors (Lipinski definition) is 2. The van der Waals surface area contributed by atoms with E-state index < -0.39 is 35.3 Å². The van der Waals surface area contributed by atoms with E-state index in [9.17, 15) is 19.2 Å². The SMILES string of the molecule is CO/N=C(/C(=O)NC1C(=O)N2C(C(=O)OC(c3ccccc3)c3ccccc3)=C(/C=C/c3ccccn3)CS[C@H]12)c1csc(NC=O)n1. The van der Waals surface area contributed by atoms with E-state index in [0.29, 0.717) is 23.4 Å². The highest BCUT2D eigenvalue weighted by atomic mass is 32.2. The third-order valence-electron chi connectivity index (χ3n) is 7.38. The van der Waals surface area contributed by atoms with E-state index in [0.717, 1.165) is 22.5 Å². The number of aromatic nitrogens is 2. The number of carbonyl (C=O) groups excluding carboxylic acids is 4. The van der Waals surface area contributed by atoms with Gasteiger partial charge in [0, 0.05) is 17.3 Å². The highest BCUT2D eigenvalue weighted by Crippen LogP contribution is 2.42. The normalized spacial score (nSPS) is 17.5. The number of benzene rings is 2. The van der Waals surface area contributed by atoms with E-state index >= 15 is 0 Å². The lowest BCUT2D eigenvalue weighted by molar-refractivity contribution is -0.154. The van der Waals surface area contributed by atoms with Gasteiger partial charge in [-0.05, 0) is 34.9 Å². The lowest BCUT2D eigenvalue weighted by Gasteiger charge is -2.49. The summed E-state index contributed by atoms with van der Waals surface area (Å²) in [5, 5.41) is 10.1. The summed E-state index contributed by atoms with van der Waals surface area (Å²) in [6.45, 7) is 0. The molecule has 0 aliphatic carbocycles. The zero-order chi connectivity index (χ0) is 33.5. The number of thioether (sulfide) groups is 1. The van der Waals surface area contributed by atoms with Crippen molar-refractivity contribution in [3.8, 4) is 0 Å². The first-order chi connectivity index (χ1) is 23.5. The van der Waals surface area contributed by atoms with Crippen molar-refractivity contribution in [2.45, 2.75) is 17.5 Å². The second-order valence-electron chi connectivity index (χ2n) is 10.4. The summed E-state index contributed by atoms with van der Waals surface area (Å²) in [7, 11) is 1.28. The van der Waals surface area contributed by atoms with Gasteiger partial charge in [0.05, 0.1) is 5.69 Å². The van der Waals surface area contributed by atoms with Crippen LogP contribution in [0.5, 0.6) is 0 Å². The molecule has 242 valence electrons. The van der Waals surface area contributed by atoms with Gasteiger partial charge >= 0.3 is 5.97 Å². The second-order valence-corrected chi connectivity index (χ2v) is 12.3. The summed E-state index contributed by atoms with van der Waals surface area (Å²) >= 11 is 2.49. The molecule has 4 aromatic rings. The fourth-order valence-electron chi connectivity index (χ4n) is 5.17. The molecule has 1 saturated heterocycles. The van der Waals surface area contributed by atoms with Crippen LogP contribution in [0.25, 0.3) is 6.08 Å². The molecule has 2 N–H and O–H groups in total. The Hall–Kier alpha value is -5.60. The number of nitrogens with zero attached hydrogens (tertiary/aromatic N) is 4. The topological polar surface area (TPSA) is 152 Å². The van der Waals surface area contributed by atoms with Crippen molar-refractivity contribution in [3.05, 3.63) is 130 Å². The molecule has 1 unspecified atom stereocenters. The number of hydrogen-bond acceptors (Lipinski definition) is 11. The Kier molecular flexibility index (Phi) is 10.0. The highest BCUT2D eigenvalue weighted by Gasteiger charge is 2.54. The van der Waals surface area contributed by atoms with Crippen molar-refractivity contribution in [1.82, 2.24) is 20.2 Å². The quantitative estimate of drug-likeness (QED) is 0.0739. The molecule has 2 aromatic heterocycles. The van der Waals surface area contributed by atoms with Gasteiger partial charge in [-0.2, -0.15) is 0 Å². The summed E-state index contributed by atoms with van der Waals surface area (Å²) in [4.78, 5) is 66.9. The number of anilines is 1. The number of nitrogens with one attached hydrogen (secondary N) is 2. The third-order valence-corrected chi connectivity index (χ3v) is 9.45. The number of ether oxygens (including phenoxy) is 1. The molecular weight excluding hydrogens is 653 g/mol. The van der Waals surface area contributed by atoms with E-state index in [4.69, 9.17) is 9.57 Å². The van der Waals surface area contributed by atoms with Crippen molar-refractivity contribution in [2.75, 3.05) is 18.2 Å². The van der Waals surface area contributed by atoms with E-state index in [-0.39, 0.29) is 22.2 Å². The molecular formula is C34H28N6O6S2. The molecule has 3 amide bonds. The van der Waals surface area contributed by atoms with Crippen LogP contribution in [0, 0.1) is 0 Å².